The third-order valence-electron chi connectivity index (χ3n) is 1.21. The van der Waals surface area contributed by atoms with Crippen LogP contribution in [0.25, 0.3) is 0 Å². The van der Waals surface area contributed by atoms with Gasteiger partial charge < -0.3 is 0 Å². The Bertz CT molecular complexity index is 82.4. The van der Waals surface area contributed by atoms with Gasteiger partial charge in [0.25, 0.3) is 0 Å². The molecule has 0 unspecified atom stereocenters. The minimum atomic E-state index is 0.711. The summed E-state index contributed by atoms with van der Waals surface area (Å²) < 4.78 is 0. The quantitative estimate of drug-likeness (QED) is 0.554. The molecule has 8 heavy (non-hydrogen) atoms. The van der Waals surface area contributed by atoms with Gasteiger partial charge >= 0.3 is 0 Å². The molecular weight excluding hydrogens is 116 g/mol. The summed E-state index contributed by atoms with van der Waals surface area (Å²) in [5, 5.41) is 2.20. The summed E-state index contributed by atoms with van der Waals surface area (Å²) in [7, 11) is 0. The maximum Gasteiger partial charge on any atom is -0.0142 e. The van der Waals surface area contributed by atoms with Crippen molar-refractivity contribution in [2.24, 2.45) is 5.92 Å². The van der Waals surface area contributed by atoms with Crippen LogP contribution >= 0.6 is 11.8 Å². The molecule has 0 aromatic rings. The predicted molar refractivity (Wildman–Crippen MR) is 42.1 cm³/mol. The molecule has 0 spiro atoms. The van der Waals surface area contributed by atoms with Gasteiger partial charge in [-0.15, -0.1) is 11.8 Å². The van der Waals surface area contributed by atoms with Crippen molar-refractivity contribution >= 4 is 11.8 Å². The van der Waals surface area contributed by atoms with Crippen molar-refractivity contribution in [3.8, 4) is 0 Å². The van der Waals surface area contributed by atoms with Crippen molar-refractivity contribution in [3.05, 3.63) is 11.0 Å². The first-order chi connectivity index (χ1) is 3.68. The molecule has 48 valence electrons. The summed E-state index contributed by atoms with van der Waals surface area (Å²) in [5.41, 5.74) is 1.47. The average Bonchev–Trinajstić information content (AvgIpc) is 1.67. The fourth-order valence-corrected chi connectivity index (χ4v) is 0.966. The molecule has 0 N–H and O–H groups in total. The molecule has 0 aliphatic rings. The van der Waals surface area contributed by atoms with Crippen LogP contribution in [0.3, 0.4) is 0 Å². The van der Waals surface area contributed by atoms with Gasteiger partial charge in [0.05, 0.1) is 0 Å². The lowest BCUT2D eigenvalue weighted by Crippen LogP contribution is -1.85. The molecule has 0 fully saturated rings. The van der Waals surface area contributed by atoms with E-state index in [1.807, 2.05) is 0 Å². The van der Waals surface area contributed by atoms with Crippen LogP contribution in [0, 0.1) is 5.92 Å². The third kappa shape index (κ3) is 3.14. The fraction of sp³-hybridized carbons (Fsp3) is 0.714. The standard InChI is InChI=1S/C7H14S/c1-6(2)7(3)5-8-4/h5-6H,1-4H3. The van der Waals surface area contributed by atoms with Gasteiger partial charge in [0, 0.05) is 0 Å². The van der Waals surface area contributed by atoms with Crippen molar-refractivity contribution in [1.82, 2.24) is 0 Å². The van der Waals surface area contributed by atoms with E-state index in [0.29, 0.717) is 5.92 Å². The Morgan fingerprint density at radius 3 is 2.12 bits per heavy atom. The molecule has 0 nitrogen and oxygen atoms in total. The second kappa shape index (κ2) is 4.02. The van der Waals surface area contributed by atoms with Crippen LogP contribution in [-0.4, -0.2) is 6.26 Å². The van der Waals surface area contributed by atoms with Crippen LogP contribution in [-0.2, 0) is 0 Å². The highest BCUT2D eigenvalue weighted by Gasteiger charge is 1.92. The van der Waals surface area contributed by atoms with Crippen LogP contribution < -0.4 is 0 Å². The number of rotatable bonds is 2. The molecule has 0 heterocycles. The molecule has 0 aromatic carbocycles. The fourth-order valence-electron chi connectivity index (χ4n) is 0.322. The lowest BCUT2D eigenvalue weighted by Gasteiger charge is -2.01. The van der Waals surface area contributed by atoms with Crippen molar-refractivity contribution in [1.29, 1.82) is 0 Å². The molecule has 0 bridgehead atoms. The number of hydrogen-bond donors (Lipinski definition) is 0. The van der Waals surface area contributed by atoms with Crippen molar-refractivity contribution < 1.29 is 0 Å². The van der Waals surface area contributed by atoms with Crippen LogP contribution in [0.4, 0.5) is 0 Å². The Hall–Kier alpha value is 0.0900. The summed E-state index contributed by atoms with van der Waals surface area (Å²) in [4.78, 5) is 0. The minimum absolute atomic E-state index is 0.711. The van der Waals surface area contributed by atoms with Crippen LogP contribution in [0.1, 0.15) is 20.8 Å². The zero-order valence-electron chi connectivity index (χ0n) is 6.06. The Morgan fingerprint density at radius 1 is 1.50 bits per heavy atom. The Balaban J connectivity index is 3.61. The predicted octanol–water partition coefficient (Wildman–Crippen LogP) is 2.91. The van der Waals surface area contributed by atoms with Gasteiger partial charge in [-0.1, -0.05) is 19.4 Å². The zero-order chi connectivity index (χ0) is 6.57. The monoisotopic (exact) mass is 130 g/mol. The summed E-state index contributed by atoms with van der Waals surface area (Å²) in [6.07, 6.45) is 2.09. The molecule has 0 amide bonds. The van der Waals surface area contributed by atoms with E-state index >= 15 is 0 Å². The number of hydrogen-bond acceptors (Lipinski definition) is 1. The Labute approximate surface area is 56.4 Å². The maximum absolute atomic E-state index is 2.21. The molecular formula is C7H14S. The average molecular weight is 130 g/mol. The van der Waals surface area contributed by atoms with Gasteiger partial charge in [-0.3, -0.25) is 0 Å². The highest BCUT2D eigenvalue weighted by Crippen LogP contribution is 2.11. The molecule has 0 atom stereocenters. The first-order valence-electron chi connectivity index (χ1n) is 2.88. The summed E-state index contributed by atoms with van der Waals surface area (Å²) in [6, 6.07) is 0. The molecule has 0 aliphatic heterocycles. The molecule has 1 heteroatoms. The minimum Gasteiger partial charge on any atom is -0.138 e. The molecule has 0 rings (SSSR count). The third-order valence-corrected chi connectivity index (χ3v) is 1.82. The normalized spacial score (nSPS) is 12.9. The van der Waals surface area contributed by atoms with Gasteiger partial charge in [-0.05, 0) is 24.5 Å². The SMILES string of the molecule is CSC=C(C)C(C)C. The van der Waals surface area contributed by atoms with Gasteiger partial charge in [0.15, 0.2) is 0 Å². The Kier molecular flexibility index (Phi) is 4.06. The van der Waals surface area contributed by atoms with Gasteiger partial charge in [0.1, 0.15) is 0 Å². The first-order valence-corrected chi connectivity index (χ1v) is 4.16. The number of allylic oxidation sites excluding steroid dienone is 1. The first kappa shape index (κ1) is 8.09. The van der Waals surface area contributed by atoms with Crippen molar-refractivity contribution in [3.63, 3.8) is 0 Å². The second-order valence-electron chi connectivity index (χ2n) is 2.25. The van der Waals surface area contributed by atoms with Crippen molar-refractivity contribution in [2.75, 3.05) is 6.26 Å². The molecule has 0 radical (unpaired) electrons. The van der Waals surface area contributed by atoms with E-state index in [1.165, 1.54) is 5.57 Å². The lowest BCUT2D eigenvalue weighted by atomic mass is 10.1. The van der Waals surface area contributed by atoms with E-state index in [4.69, 9.17) is 0 Å². The van der Waals surface area contributed by atoms with E-state index in [2.05, 4.69) is 32.4 Å². The highest BCUT2D eigenvalue weighted by molar-refractivity contribution is 8.01. The van der Waals surface area contributed by atoms with Crippen LogP contribution in [0.2, 0.25) is 0 Å². The number of thioether (sulfide) groups is 1. The topological polar surface area (TPSA) is 0 Å². The van der Waals surface area contributed by atoms with E-state index in [0.717, 1.165) is 0 Å². The van der Waals surface area contributed by atoms with E-state index in [-0.39, 0.29) is 0 Å². The van der Waals surface area contributed by atoms with Gasteiger partial charge in [-0.25, -0.2) is 0 Å². The lowest BCUT2D eigenvalue weighted by molar-refractivity contribution is 0.772. The summed E-state index contributed by atoms with van der Waals surface area (Å²) in [5.74, 6) is 0.711. The Morgan fingerprint density at radius 2 is 2.00 bits per heavy atom. The molecule has 0 aliphatic carbocycles. The maximum atomic E-state index is 2.21. The smallest absolute Gasteiger partial charge is 0.0142 e. The molecule has 0 aromatic heterocycles. The summed E-state index contributed by atoms with van der Waals surface area (Å²) in [6.45, 7) is 6.59. The van der Waals surface area contributed by atoms with E-state index < -0.39 is 0 Å². The van der Waals surface area contributed by atoms with Crippen LogP contribution in [0.5, 0.6) is 0 Å². The van der Waals surface area contributed by atoms with E-state index in [1.54, 1.807) is 11.8 Å². The zero-order valence-corrected chi connectivity index (χ0v) is 6.88. The highest BCUT2D eigenvalue weighted by atomic mass is 32.2. The largest absolute Gasteiger partial charge is 0.138 e. The molecule has 0 saturated heterocycles. The van der Waals surface area contributed by atoms with Gasteiger partial charge in [-0.2, -0.15) is 0 Å². The molecule has 0 saturated carbocycles. The van der Waals surface area contributed by atoms with E-state index in [9.17, 15) is 0 Å². The second-order valence-corrected chi connectivity index (χ2v) is 2.96. The van der Waals surface area contributed by atoms with Gasteiger partial charge in [0.2, 0.25) is 0 Å². The van der Waals surface area contributed by atoms with Crippen molar-refractivity contribution in [2.45, 2.75) is 20.8 Å². The van der Waals surface area contributed by atoms with Crippen LogP contribution in [0.15, 0.2) is 11.0 Å². The summed E-state index contributed by atoms with van der Waals surface area (Å²) >= 11 is 1.78.